The minimum atomic E-state index is -0.652. The highest BCUT2D eigenvalue weighted by Crippen LogP contribution is 2.20. The number of aromatic amines is 1. The third-order valence-electron chi connectivity index (χ3n) is 4.12. The maximum Gasteiger partial charge on any atom is 0.271 e. The van der Waals surface area contributed by atoms with E-state index in [1.807, 2.05) is 31.3 Å². The van der Waals surface area contributed by atoms with Gasteiger partial charge in [-0.15, -0.1) is 0 Å². The monoisotopic (exact) mass is 339 g/mol. The summed E-state index contributed by atoms with van der Waals surface area (Å²) in [5.41, 5.74) is 8.05. The number of hydrogen-bond donors (Lipinski definition) is 3. The van der Waals surface area contributed by atoms with Crippen molar-refractivity contribution in [3.63, 3.8) is 0 Å². The second-order valence-electron chi connectivity index (χ2n) is 5.87. The number of nitrogens with two attached hydrogens (primary N) is 1. The Hall–Kier alpha value is -3.09. The minimum absolute atomic E-state index is 0.0897. The predicted octanol–water partition coefficient (Wildman–Crippen LogP) is 2.44. The number of anilines is 1. The molecule has 0 aliphatic rings. The number of aromatic nitrogens is 3. The maximum absolute atomic E-state index is 12.2. The summed E-state index contributed by atoms with van der Waals surface area (Å²) in [5.74, 6) is -0.806. The van der Waals surface area contributed by atoms with E-state index in [0.717, 1.165) is 11.9 Å². The molecule has 0 saturated carbocycles. The molecule has 25 heavy (non-hydrogen) atoms. The van der Waals surface area contributed by atoms with Crippen LogP contribution in [0.4, 0.5) is 5.69 Å². The van der Waals surface area contributed by atoms with Gasteiger partial charge in [0.15, 0.2) is 5.69 Å². The smallest absolute Gasteiger partial charge is 0.271 e. The molecule has 130 valence electrons. The highest BCUT2D eigenvalue weighted by Gasteiger charge is 2.16. The third kappa shape index (κ3) is 3.71. The van der Waals surface area contributed by atoms with Crippen LogP contribution >= 0.6 is 0 Å². The van der Waals surface area contributed by atoms with Crippen molar-refractivity contribution >= 4 is 28.4 Å². The lowest BCUT2D eigenvalue weighted by atomic mass is 10.1. The van der Waals surface area contributed by atoms with Crippen molar-refractivity contribution in [3.8, 4) is 0 Å². The average Bonchev–Trinajstić information content (AvgIpc) is 3.19. The molecule has 1 aromatic carbocycles. The molecule has 3 aromatic rings. The van der Waals surface area contributed by atoms with Crippen molar-refractivity contribution in [1.82, 2.24) is 14.8 Å². The van der Waals surface area contributed by atoms with Crippen molar-refractivity contribution in [3.05, 3.63) is 47.9 Å². The molecular formula is C18H21N5O2. The van der Waals surface area contributed by atoms with Gasteiger partial charge < -0.3 is 16.0 Å². The lowest BCUT2D eigenvalue weighted by Crippen LogP contribution is -2.17. The molecule has 2 heterocycles. The van der Waals surface area contributed by atoms with Gasteiger partial charge in [0.05, 0.1) is 5.69 Å². The Morgan fingerprint density at radius 2 is 2.12 bits per heavy atom. The number of nitrogens with one attached hydrogen (secondary N) is 2. The van der Waals surface area contributed by atoms with Crippen molar-refractivity contribution in [1.29, 1.82) is 0 Å². The fourth-order valence-corrected chi connectivity index (χ4v) is 2.85. The quantitative estimate of drug-likeness (QED) is 0.615. The van der Waals surface area contributed by atoms with Crippen molar-refractivity contribution in [2.75, 3.05) is 5.32 Å². The zero-order valence-corrected chi connectivity index (χ0v) is 14.1. The summed E-state index contributed by atoms with van der Waals surface area (Å²) >= 11 is 0. The number of nitrogens with zero attached hydrogens (tertiary/aromatic N) is 2. The van der Waals surface area contributed by atoms with E-state index in [4.69, 9.17) is 5.73 Å². The molecule has 0 radical (unpaired) electrons. The summed E-state index contributed by atoms with van der Waals surface area (Å²) in [7, 11) is 0. The Labute approximate surface area is 145 Å². The van der Waals surface area contributed by atoms with Crippen LogP contribution in [0.1, 0.15) is 35.8 Å². The Balaban J connectivity index is 1.58. The fraction of sp³-hybridized carbons (Fsp3) is 0.278. The van der Waals surface area contributed by atoms with E-state index < -0.39 is 5.91 Å². The van der Waals surface area contributed by atoms with Crippen molar-refractivity contribution in [2.45, 2.75) is 32.7 Å². The van der Waals surface area contributed by atoms with E-state index in [2.05, 4.69) is 21.5 Å². The molecule has 0 unspecified atom stereocenters. The number of H-pyrrole nitrogens is 1. The van der Waals surface area contributed by atoms with Crippen LogP contribution in [0.25, 0.3) is 10.9 Å². The molecule has 0 aliphatic heterocycles. The van der Waals surface area contributed by atoms with Gasteiger partial charge in [0.2, 0.25) is 5.91 Å². The molecule has 0 atom stereocenters. The molecular weight excluding hydrogens is 318 g/mol. The number of aryl methyl sites for hydroxylation is 2. The summed E-state index contributed by atoms with van der Waals surface area (Å²) in [6.45, 7) is 2.49. The number of primary amides is 1. The predicted molar refractivity (Wildman–Crippen MR) is 96.3 cm³/mol. The number of hydrogen-bond acceptors (Lipinski definition) is 3. The topological polar surface area (TPSA) is 106 Å². The zero-order valence-electron chi connectivity index (χ0n) is 14.1. The lowest BCUT2D eigenvalue weighted by Gasteiger charge is -2.04. The summed E-state index contributed by atoms with van der Waals surface area (Å²) in [4.78, 5) is 26.8. The first kappa shape index (κ1) is 16.8. The first-order valence-electron chi connectivity index (χ1n) is 8.30. The average molecular weight is 339 g/mol. The number of fused-ring (bicyclic) bond motifs is 1. The van der Waals surface area contributed by atoms with Gasteiger partial charge in [0.1, 0.15) is 0 Å². The number of amides is 2. The zero-order chi connectivity index (χ0) is 17.8. The van der Waals surface area contributed by atoms with E-state index in [-0.39, 0.29) is 11.6 Å². The van der Waals surface area contributed by atoms with Crippen molar-refractivity contribution in [2.24, 2.45) is 5.73 Å². The van der Waals surface area contributed by atoms with Crippen LogP contribution in [0.15, 0.2) is 36.7 Å². The second kappa shape index (κ2) is 7.21. The summed E-state index contributed by atoms with van der Waals surface area (Å²) in [6, 6.07) is 8.09. The van der Waals surface area contributed by atoms with Gasteiger partial charge in [-0.25, -0.2) is 0 Å². The molecule has 2 amide bonds. The second-order valence-corrected chi connectivity index (χ2v) is 5.87. The Morgan fingerprint density at radius 3 is 2.88 bits per heavy atom. The molecule has 4 N–H and O–H groups in total. The van der Waals surface area contributed by atoms with Crippen LogP contribution in [-0.4, -0.2) is 26.6 Å². The summed E-state index contributed by atoms with van der Waals surface area (Å²) in [5, 5.41) is 7.98. The van der Waals surface area contributed by atoms with E-state index in [1.165, 1.54) is 10.9 Å². The first-order valence-corrected chi connectivity index (χ1v) is 8.30. The van der Waals surface area contributed by atoms with Gasteiger partial charge in [-0.05, 0) is 31.4 Å². The van der Waals surface area contributed by atoms with Gasteiger partial charge >= 0.3 is 0 Å². The van der Waals surface area contributed by atoms with Crippen LogP contribution in [0.5, 0.6) is 0 Å². The van der Waals surface area contributed by atoms with E-state index in [1.54, 1.807) is 10.9 Å². The van der Waals surface area contributed by atoms with Crippen LogP contribution in [0.3, 0.4) is 0 Å². The first-order chi connectivity index (χ1) is 12.1. The summed E-state index contributed by atoms with van der Waals surface area (Å²) in [6.07, 6.45) is 5.47. The molecule has 3 rings (SSSR count). The number of para-hydroxylation sites is 1. The van der Waals surface area contributed by atoms with Gasteiger partial charge in [0.25, 0.3) is 5.91 Å². The maximum atomic E-state index is 12.2. The number of benzene rings is 1. The SMILES string of the molecule is CCn1cc(NC(=O)CCCc2c[nH]c3ccccc23)c(C(N)=O)n1. The molecule has 7 heteroatoms. The fourth-order valence-electron chi connectivity index (χ4n) is 2.85. The van der Waals surface area contributed by atoms with Crippen LogP contribution < -0.4 is 11.1 Å². The molecule has 0 spiro atoms. The largest absolute Gasteiger partial charge is 0.364 e. The Bertz CT molecular complexity index is 909. The van der Waals surface area contributed by atoms with Gasteiger partial charge in [-0.1, -0.05) is 18.2 Å². The number of carbonyl (C=O) groups excluding carboxylic acids is 2. The lowest BCUT2D eigenvalue weighted by molar-refractivity contribution is -0.116. The van der Waals surface area contributed by atoms with Crippen LogP contribution in [0, 0.1) is 0 Å². The molecule has 0 saturated heterocycles. The minimum Gasteiger partial charge on any atom is -0.364 e. The van der Waals surface area contributed by atoms with E-state index in [0.29, 0.717) is 25.1 Å². The molecule has 0 bridgehead atoms. The highest BCUT2D eigenvalue weighted by atomic mass is 16.2. The summed E-state index contributed by atoms with van der Waals surface area (Å²) < 4.78 is 1.57. The van der Waals surface area contributed by atoms with E-state index in [9.17, 15) is 9.59 Å². The highest BCUT2D eigenvalue weighted by molar-refractivity contribution is 6.01. The van der Waals surface area contributed by atoms with E-state index >= 15 is 0 Å². The van der Waals surface area contributed by atoms with Crippen molar-refractivity contribution < 1.29 is 9.59 Å². The van der Waals surface area contributed by atoms with Gasteiger partial charge in [-0.3, -0.25) is 14.3 Å². The van der Waals surface area contributed by atoms with Gasteiger partial charge in [0, 0.05) is 36.3 Å². The third-order valence-corrected chi connectivity index (χ3v) is 4.12. The van der Waals surface area contributed by atoms with Gasteiger partial charge in [-0.2, -0.15) is 5.10 Å². The number of carbonyl (C=O) groups is 2. The number of rotatable bonds is 7. The standard InChI is InChI=1S/C18H21N5O2/c1-2-23-11-15(17(22-23)18(19)25)21-16(24)9-5-6-12-10-20-14-8-4-3-7-13(12)14/h3-4,7-8,10-11,20H,2,5-6,9H2,1H3,(H2,19,25)(H,21,24). The Kier molecular flexibility index (Phi) is 4.83. The molecule has 2 aromatic heterocycles. The van der Waals surface area contributed by atoms with Crippen LogP contribution in [-0.2, 0) is 17.8 Å². The molecule has 0 fully saturated rings. The normalized spacial score (nSPS) is 10.9. The van der Waals surface area contributed by atoms with Crippen LogP contribution in [0.2, 0.25) is 0 Å². The molecule has 7 nitrogen and oxygen atoms in total. The molecule has 0 aliphatic carbocycles. The Morgan fingerprint density at radius 1 is 1.32 bits per heavy atom.